The van der Waals surface area contributed by atoms with Gasteiger partial charge in [0.2, 0.25) is 0 Å². The summed E-state index contributed by atoms with van der Waals surface area (Å²) >= 11 is 6.36. The number of rotatable bonds is 1. The van der Waals surface area contributed by atoms with Gasteiger partial charge in [-0.25, -0.2) is 4.79 Å². The number of hydrogen-bond donors (Lipinski definition) is 1. The lowest BCUT2D eigenvalue weighted by Gasteiger charge is -2.23. The highest BCUT2D eigenvalue weighted by Gasteiger charge is 2.26. The summed E-state index contributed by atoms with van der Waals surface area (Å²) in [7, 11) is 0. The zero-order chi connectivity index (χ0) is 13.4. The molecule has 4 nitrogen and oxygen atoms in total. The molecule has 0 bridgehead atoms. The Balaban J connectivity index is 1.88. The van der Waals surface area contributed by atoms with Crippen LogP contribution >= 0.6 is 11.6 Å². The van der Waals surface area contributed by atoms with Crippen molar-refractivity contribution in [2.45, 2.75) is 31.8 Å². The normalized spacial score (nSPS) is 19.5. The van der Waals surface area contributed by atoms with Crippen molar-refractivity contribution >= 4 is 17.7 Å². The third-order valence-corrected chi connectivity index (χ3v) is 4.30. The van der Waals surface area contributed by atoms with Crippen molar-refractivity contribution in [1.29, 1.82) is 0 Å². The minimum absolute atomic E-state index is 0.436. The van der Waals surface area contributed by atoms with Crippen molar-refractivity contribution in [3.8, 4) is 0 Å². The van der Waals surface area contributed by atoms with E-state index in [-0.39, 0.29) is 0 Å². The number of amides is 1. The first-order valence-corrected chi connectivity index (χ1v) is 6.90. The van der Waals surface area contributed by atoms with Gasteiger partial charge in [0.05, 0.1) is 0 Å². The van der Waals surface area contributed by atoms with E-state index in [1.54, 1.807) is 0 Å². The third kappa shape index (κ3) is 2.42. The highest BCUT2D eigenvalue weighted by Crippen LogP contribution is 2.36. The molecule has 1 fully saturated rings. The van der Waals surface area contributed by atoms with Crippen LogP contribution in [-0.2, 0) is 17.8 Å². The van der Waals surface area contributed by atoms with E-state index >= 15 is 0 Å². The van der Waals surface area contributed by atoms with Gasteiger partial charge in [-0.15, -0.1) is 0 Å². The highest BCUT2D eigenvalue weighted by atomic mass is 35.5. The van der Waals surface area contributed by atoms with E-state index in [1.807, 2.05) is 6.07 Å². The molecule has 1 saturated heterocycles. The lowest BCUT2D eigenvalue weighted by Crippen LogP contribution is -2.22. The van der Waals surface area contributed by atoms with Gasteiger partial charge in [0.1, 0.15) is 0 Å². The molecular formula is C14H16ClNO3. The smallest absolute Gasteiger partial charge is 0.407 e. The molecule has 0 unspecified atom stereocenters. The Morgan fingerprint density at radius 2 is 1.89 bits per heavy atom. The zero-order valence-electron chi connectivity index (χ0n) is 10.6. The van der Waals surface area contributed by atoms with Gasteiger partial charge < -0.3 is 9.84 Å². The van der Waals surface area contributed by atoms with E-state index in [2.05, 4.69) is 6.07 Å². The Bertz CT molecular complexity index is 512. The van der Waals surface area contributed by atoms with Crippen molar-refractivity contribution in [2.24, 2.45) is 0 Å². The van der Waals surface area contributed by atoms with Gasteiger partial charge in [-0.2, -0.15) is 0 Å². The maximum absolute atomic E-state index is 11.0. The minimum atomic E-state index is -0.875. The van der Waals surface area contributed by atoms with Crippen LogP contribution in [0.3, 0.4) is 0 Å². The van der Waals surface area contributed by atoms with Crippen LogP contribution in [0, 0.1) is 0 Å². The number of nitrogens with zero attached hydrogens (tertiary/aromatic N) is 1. The number of fused-ring (bicyclic) bond motifs is 1. The van der Waals surface area contributed by atoms with E-state index in [9.17, 15) is 4.79 Å². The first kappa shape index (κ1) is 12.8. The highest BCUT2D eigenvalue weighted by molar-refractivity contribution is 6.31. The number of ether oxygens (including phenoxy) is 1. The molecule has 0 saturated carbocycles. The summed E-state index contributed by atoms with van der Waals surface area (Å²) in [6.07, 6.45) is 1.10. The van der Waals surface area contributed by atoms with Crippen LogP contribution in [0.25, 0.3) is 0 Å². The van der Waals surface area contributed by atoms with E-state index in [0.717, 1.165) is 47.8 Å². The van der Waals surface area contributed by atoms with Crippen LogP contribution in [0.5, 0.6) is 0 Å². The van der Waals surface area contributed by atoms with Crippen LogP contribution in [0.4, 0.5) is 4.79 Å². The quantitative estimate of drug-likeness (QED) is 0.860. The Morgan fingerprint density at radius 3 is 2.53 bits per heavy atom. The first-order valence-electron chi connectivity index (χ1n) is 6.52. The topological polar surface area (TPSA) is 49.8 Å². The molecule has 2 aliphatic heterocycles. The average molecular weight is 282 g/mol. The summed E-state index contributed by atoms with van der Waals surface area (Å²) in [5.41, 5.74) is 3.27. The number of benzene rings is 1. The predicted molar refractivity (Wildman–Crippen MR) is 71.5 cm³/mol. The molecule has 1 aromatic rings. The molecular weight excluding hydrogens is 266 g/mol. The Hall–Kier alpha value is -1.26. The van der Waals surface area contributed by atoms with E-state index in [4.69, 9.17) is 21.4 Å². The predicted octanol–water partition coefficient (Wildman–Crippen LogP) is 3.23. The molecule has 2 heterocycles. The number of hydrogen-bond acceptors (Lipinski definition) is 2. The van der Waals surface area contributed by atoms with Crippen molar-refractivity contribution in [3.05, 3.63) is 33.8 Å². The van der Waals surface area contributed by atoms with E-state index in [0.29, 0.717) is 19.0 Å². The van der Waals surface area contributed by atoms with Crippen molar-refractivity contribution < 1.29 is 14.6 Å². The van der Waals surface area contributed by atoms with Gasteiger partial charge in [-0.1, -0.05) is 17.7 Å². The maximum atomic E-state index is 11.0. The Morgan fingerprint density at radius 1 is 1.26 bits per heavy atom. The summed E-state index contributed by atoms with van der Waals surface area (Å²) in [6, 6.07) is 4.03. The maximum Gasteiger partial charge on any atom is 0.407 e. The molecule has 1 amide bonds. The van der Waals surface area contributed by atoms with Gasteiger partial charge in [0, 0.05) is 31.3 Å². The van der Waals surface area contributed by atoms with Crippen molar-refractivity contribution in [3.63, 3.8) is 0 Å². The minimum Gasteiger partial charge on any atom is -0.465 e. The first-order chi connectivity index (χ1) is 9.15. The van der Waals surface area contributed by atoms with Crippen molar-refractivity contribution in [1.82, 2.24) is 4.90 Å². The standard InChI is InChI=1S/C14H16ClNO3/c15-13-6-11-8-16(14(17)18)7-10(11)5-12(13)9-1-3-19-4-2-9/h5-6,9H,1-4,7-8H2,(H,17,18). The molecule has 102 valence electrons. The third-order valence-electron chi connectivity index (χ3n) is 3.97. The Kier molecular flexibility index (Phi) is 3.37. The second-order valence-corrected chi connectivity index (χ2v) is 5.57. The second-order valence-electron chi connectivity index (χ2n) is 5.17. The van der Waals surface area contributed by atoms with Gasteiger partial charge in [0.25, 0.3) is 0 Å². The van der Waals surface area contributed by atoms with Gasteiger partial charge in [-0.3, -0.25) is 4.90 Å². The lowest BCUT2D eigenvalue weighted by atomic mass is 9.90. The van der Waals surface area contributed by atoms with Crippen LogP contribution < -0.4 is 0 Å². The molecule has 1 aromatic carbocycles. The summed E-state index contributed by atoms with van der Waals surface area (Å²) in [6.45, 7) is 2.47. The molecule has 0 radical (unpaired) electrons. The summed E-state index contributed by atoms with van der Waals surface area (Å²) in [5, 5.41) is 9.81. The zero-order valence-corrected chi connectivity index (χ0v) is 11.3. The lowest BCUT2D eigenvalue weighted by molar-refractivity contribution is 0.0853. The number of carbonyl (C=O) groups is 1. The molecule has 0 aromatic heterocycles. The second kappa shape index (κ2) is 5.02. The fourth-order valence-electron chi connectivity index (χ4n) is 2.90. The molecule has 0 aliphatic carbocycles. The van der Waals surface area contributed by atoms with Crippen LogP contribution in [0.1, 0.15) is 35.4 Å². The molecule has 19 heavy (non-hydrogen) atoms. The molecule has 2 aliphatic rings. The number of halogens is 1. The van der Waals surface area contributed by atoms with Crippen LogP contribution in [-0.4, -0.2) is 29.3 Å². The summed E-state index contributed by atoms with van der Waals surface area (Å²) in [4.78, 5) is 12.4. The fraction of sp³-hybridized carbons (Fsp3) is 0.500. The molecule has 3 rings (SSSR count). The van der Waals surface area contributed by atoms with Crippen LogP contribution in [0.2, 0.25) is 5.02 Å². The molecule has 1 N–H and O–H groups in total. The van der Waals surface area contributed by atoms with Gasteiger partial charge in [-0.05, 0) is 41.5 Å². The largest absolute Gasteiger partial charge is 0.465 e. The van der Waals surface area contributed by atoms with Crippen molar-refractivity contribution in [2.75, 3.05) is 13.2 Å². The van der Waals surface area contributed by atoms with Crippen LogP contribution in [0.15, 0.2) is 12.1 Å². The van der Waals surface area contributed by atoms with E-state index < -0.39 is 6.09 Å². The van der Waals surface area contributed by atoms with E-state index in [1.165, 1.54) is 4.90 Å². The summed E-state index contributed by atoms with van der Waals surface area (Å²) < 4.78 is 5.37. The van der Waals surface area contributed by atoms with Gasteiger partial charge >= 0.3 is 6.09 Å². The summed E-state index contributed by atoms with van der Waals surface area (Å²) in [5.74, 6) is 0.436. The Labute approximate surface area is 116 Å². The number of carboxylic acid groups (broad SMARTS) is 1. The fourth-order valence-corrected chi connectivity index (χ4v) is 3.24. The van der Waals surface area contributed by atoms with Gasteiger partial charge in [0.15, 0.2) is 0 Å². The molecule has 0 atom stereocenters. The average Bonchev–Trinajstić information content (AvgIpc) is 2.82. The monoisotopic (exact) mass is 281 g/mol. The molecule has 5 heteroatoms. The molecule has 0 spiro atoms. The SMILES string of the molecule is O=C(O)N1Cc2cc(Cl)c(C3CCOCC3)cc2C1.